The average Bonchev–Trinajstić information content (AvgIpc) is 2.13. The Labute approximate surface area is 63.1 Å². The minimum Gasteiger partial charge on any atom is -0.329 e. The van der Waals surface area contributed by atoms with Crippen molar-refractivity contribution >= 4 is 11.3 Å². The molecule has 0 saturated carbocycles. The Morgan fingerprint density at radius 1 is 1.80 bits per heavy atom. The van der Waals surface area contributed by atoms with Crippen molar-refractivity contribution in [3.63, 3.8) is 0 Å². The Morgan fingerprint density at radius 3 is 2.90 bits per heavy atom. The zero-order valence-corrected chi connectivity index (χ0v) is 6.65. The predicted molar refractivity (Wildman–Crippen MR) is 42.4 cm³/mol. The Bertz CT molecular complexity index is 263. The van der Waals surface area contributed by atoms with Crippen molar-refractivity contribution in [1.82, 2.24) is 4.57 Å². The lowest BCUT2D eigenvalue weighted by atomic mass is 10.6. The first kappa shape index (κ1) is 7.50. The van der Waals surface area contributed by atoms with Crippen LogP contribution in [0.3, 0.4) is 0 Å². The first-order valence-electron chi connectivity index (χ1n) is 3.11. The molecule has 1 rings (SSSR count). The van der Waals surface area contributed by atoms with Gasteiger partial charge in [-0.1, -0.05) is 11.3 Å². The number of nitrogens with zero attached hydrogens (tertiary/aromatic N) is 1. The second-order valence-corrected chi connectivity index (χ2v) is 3.29. The number of rotatable bonds is 2. The lowest BCUT2D eigenvalue weighted by molar-refractivity contribution is 0.696. The third-order valence-corrected chi connectivity index (χ3v) is 2.03. The van der Waals surface area contributed by atoms with Gasteiger partial charge in [-0.3, -0.25) is 4.79 Å². The van der Waals surface area contributed by atoms with Crippen molar-refractivity contribution in [2.75, 3.05) is 6.54 Å². The molecule has 1 heterocycles. The van der Waals surface area contributed by atoms with Gasteiger partial charge in [0.25, 0.3) is 0 Å². The van der Waals surface area contributed by atoms with E-state index < -0.39 is 0 Å². The molecule has 1 aromatic heterocycles. The van der Waals surface area contributed by atoms with E-state index in [1.165, 1.54) is 11.3 Å². The quantitative estimate of drug-likeness (QED) is 0.667. The number of hydrogen-bond acceptors (Lipinski definition) is 3. The van der Waals surface area contributed by atoms with Gasteiger partial charge in [0.15, 0.2) is 0 Å². The number of aromatic nitrogens is 1. The fraction of sp³-hybridized carbons (Fsp3) is 0.500. The molecule has 0 amide bonds. The second-order valence-electron chi connectivity index (χ2n) is 2.09. The van der Waals surface area contributed by atoms with Gasteiger partial charge in [-0.25, -0.2) is 0 Å². The van der Waals surface area contributed by atoms with E-state index in [0.29, 0.717) is 13.1 Å². The topological polar surface area (TPSA) is 48.0 Å². The van der Waals surface area contributed by atoms with Gasteiger partial charge in [0.2, 0.25) is 0 Å². The summed E-state index contributed by atoms with van der Waals surface area (Å²) in [5.74, 6) is 0. The molecule has 0 fully saturated rings. The van der Waals surface area contributed by atoms with Crippen LogP contribution in [0.5, 0.6) is 0 Å². The van der Waals surface area contributed by atoms with Gasteiger partial charge in [-0.15, -0.1) is 0 Å². The third-order valence-electron chi connectivity index (χ3n) is 1.19. The number of aryl methyl sites for hydroxylation is 1. The zero-order chi connectivity index (χ0) is 7.56. The van der Waals surface area contributed by atoms with Gasteiger partial charge < -0.3 is 10.3 Å². The van der Waals surface area contributed by atoms with E-state index in [9.17, 15) is 4.79 Å². The molecule has 0 aromatic carbocycles. The lowest BCUT2D eigenvalue weighted by Gasteiger charge is -1.93. The Morgan fingerprint density at radius 2 is 2.50 bits per heavy atom. The molecule has 0 bridgehead atoms. The number of hydrogen-bond donors (Lipinski definition) is 1. The molecule has 0 aliphatic heterocycles. The van der Waals surface area contributed by atoms with Crippen LogP contribution in [0.2, 0.25) is 0 Å². The van der Waals surface area contributed by atoms with E-state index in [-0.39, 0.29) is 4.87 Å². The molecule has 3 nitrogen and oxygen atoms in total. The smallest absolute Gasteiger partial charge is 0.307 e. The molecular weight excluding hydrogens is 148 g/mol. The van der Waals surface area contributed by atoms with Crippen LogP contribution in [0.1, 0.15) is 4.88 Å². The highest BCUT2D eigenvalue weighted by Crippen LogP contribution is 1.98. The summed E-state index contributed by atoms with van der Waals surface area (Å²) in [7, 11) is 0. The normalized spacial score (nSPS) is 10.2. The molecule has 0 radical (unpaired) electrons. The summed E-state index contributed by atoms with van der Waals surface area (Å²) >= 11 is 1.26. The molecule has 0 aliphatic rings. The molecular formula is C6H10N2OS. The van der Waals surface area contributed by atoms with Crippen molar-refractivity contribution in [3.05, 3.63) is 20.7 Å². The van der Waals surface area contributed by atoms with E-state index in [0.717, 1.165) is 4.88 Å². The third kappa shape index (κ3) is 1.46. The highest BCUT2D eigenvalue weighted by atomic mass is 32.1. The fourth-order valence-electron chi connectivity index (χ4n) is 0.790. The van der Waals surface area contributed by atoms with Crippen molar-refractivity contribution in [2.45, 2.75) is 13.5 Å². The van der Waals surface area contributed by atoms with Gasteiger partial charge in [0.1, 0.15) is 0 Å². The molecule has 0 aliphatic carbocycles. The summed E-state index contributed by atoms with van der Waals surface area (Å²) in [5.41, 5.74) is 5.28. The first-order chi connectivity index (χ1) is 4.74. The fourth-order valence-corrected chi connectivity index (χ4v) is 1.51. The van der Waals surface area contributed by atoms with E-state index in [2.05, 4.69) is 0 Å². The van der Waals surface area contributed by atoms with Crippen LogP contribution in [-0.4, -0.2) is 11.1 Å². The van der Waals surface area contributed by atoms with E-state index in [1.807, 2.05) is 13.1 Å². The van der Waals surface area contributed by atoms with Crippen molar-refractivity contribution in [3.8, 4) is 0 Å². The van der Waals surface area contributed by atoms with Crippen LogP contribution in [0.15, 0.2) is 11.0 Å². The van der Waals surface area contributed by atoms with Gasteiger partial charge in [-0.2, -0.15) is 0 Å². The molecule has 4 heteroatoms. The maximum absolute atomic E-state index is 11.0. The summed E-state index contributed by atoms with van der Waals surface area (Å²) in [6, 6.07) is 0. The van der Waals surface area contributed by atoms with Gasteiger partial charge in [0.05, 0.1) is 0 Å². The maximum atomic E-state index is 11.0. The van der Waals surface area contributed by atoms with Gasteiger partial charge >= 0.3 is 4.87 Å². The summed E-state index contributed by atoms with van der Waals surface area (Å²) in [6.07, 6.45) is 1.83. The largest absolute Gasteiger partial charge is 0.329 e. The number of thiazole rings is 1. The first-order valence-corrected chi connectivity index (χ1v) is 3.92. The van der Waals surface area contributed by atoms with Gasteiger partial charge in [-0.05, 0) is 6.92 Å². The highest BCUT2D eigenvalue weighted by molar-refractivity contribution is 7.09. The van der Waals surface area contributed by atoms with Crippen molar-refractivity contribution in [2.24, 2.45) is 5.73 Å². The summed E-state index contributed by atoms with van der Waals surface area (Å²) < 4.78 is 1.64. The van der Waals surface area contributed by atoms with E-state index in [4.69, 9.17) is 5.73 Å². The summed E-state index contributed by atoms with van der Waals surface area (Å²) in [4.78, 5) is 12.1. The molecule has 1 aromatic rings. The molecule has 10 heavy (non-hydrogen) atoms. The van der Waals surface area contributed by atoms with Crippen LogP contribution in [0, 0.1) is 6.92 Å². The maximum Gasteiger partial charge on any atom is 0.307 e. The van der Waals surface area contributed by atoms with Crippen LogP contribution >= 0.6 is 11.3 Å². The SMILES string of the molecule is Cc1cn(CCN)c(=O)s1. The Balaban J connectivity index is 2.92. The second kappa shape index (κ2) is 2.98. The van der Waals surface area contributed by atoms with Crippen LogP contribution in [0.4, 0.5) is 0 Å². The summed E-state index contributed by atoms with van der Waals surface area (Å²) in [5, 5.41) is 0. The van der Waals surface area contributed by atoms with E-state index >= 15 is 0 Å². The molecule has 0 atom stereocenters. The zero-order valence-electron chi connectivity index (χ0n) is 5.83. The van der Waals surface area contributed by atoms with Crippen molar-refractivity contribution in [1.29, 1.82) is 0 Å². The van der Waals surface area contributed by atoms with Gasteiger partial charge in [0, 0.05) is 24.2 Å². The minimum atomic E-state index is 0.0861. The molecule has 0 saturated heterocycles. The highest BCUT2D eigenvalue weighted by Gasteiger charge is 1.96. The standard InChI is InChI=1S/C6H10N2OS/c1-5-4-8(3-2-7)6(9)10-5/h4H,2-3,7H2,1H3. The predicted octanol–water partition coefficient (Wildman–Crippen LogP) is 0.177. The van der Waals surface area contributed by atoms with Crippen LogP contribution < -0.4 is 10.6 Å². The monoisotopic (exact) mass is 158 g/mol. The molecule has 56 valence electrons. The van der Waals surface area contributed by atoms with Crippen LogP contribution in [-0.2, 0) is 6.54 Å². The minimum absolute atomic E-state index is 0.0861. The lowest BCUT2D eigenvalue weighted by Crippen LogP contribution is -2.17. The molecule has 0 unspecified atom stereocenters. The summed E-state index contributed by atoms with van der Waals surface area (Å²) in [6.45, 7) is 3.07. The van der Waals surface area contributed by atoms with E-state index in [1.54, 1.807) is 4.57 Å². The Hall–Kier alpha value is -0.610. The molecule has 2 N–H and O–H groups in total. The van der Waals surface area contributed by atoms with Crippen molar-refractivity contribution < 1.29 is 0 Å². The molecule has 0 spiro atoms. The number of nitrogens with two attached hydrogens (primary N) is 1. The Kier molecular flexibility index (Phi) is 2.24. The van der Waals surface area contributed by atoms with Crippen LogP contribution in [0.25, 0.3) is 0 Å². The average molecular weight is 158 g/mol.